The van der Waals surface area contributed by atoms with Crippen LogP contribution in [-0.4, -0.2) is 15.3 Å². The molecule has 0 spiro atoms. The number of hydrogen-bond donors (Lipinski definition) is 3. The van der Waals surface area contributed by atoms with E-state index in [1.165, 1.54) is 16.7 Å². The van der Waals surface area contributed by atoms with Gasteiger partial charge in [-0.1, -0.05) is 50.2 Å². The third kappa shape index (κ3) is 4.06. The normalized spacial score (nSPS) is 16.5. The van der Waals surface area contributed by atoms with E-state index in [9.17, 15) is 15.3 Å². The largest absolute Gasteiger partial charge is 0.508 e. The Labute approximate surface area is 204 Å². The first-order chi connectivity index (χ1) is 16.0. The Hall–Kier alpha value is -2.94. The number of phenolic OH excluding ortho intramolecular Hbond substituents is 3. The lowest BCUT2D eigenvalue weighted by atomic mass is 9.57. The van der Waals surface area contributed by atoms with Gasteiger partial charge in [0.05, 0.1) is 0 Å². The van der Waals surface area contributed by atoms with Gasteiger partial charge in [-0.2, -0.15) is 0 Å². The Morgan fingerprint density at radius 2 is 1.06 bits per heavy atom. The van der Waals surface area contributed by atoms with Crippen molar-refractivity contribution in [2.24, 2.45) is 5.92 Å². The van der Waals surface area contributed by atoms with Gasteiger partial charge >= 0.3 is 0 Å². The molecular weight excluding hydrogens is 420 g/mol. The lowest BCUT2D eigenvalue weighted by Crippen LogP contribution is -2.39. The van der Waals surface area contributed by atoms with Crippen LogP contribution in [0.1, 0.15) is 78.5 Å². The van der Waals surface area contributed by atoms with Gasteiger partial charge in [0.1, 0.15) is 17.2 Å². The van der Waals surface area contributed by atoms with E-state index in [1.54, 1.807) is 12.1 Å². The van der Waals surface area contributed by atoms with Crippen molar-refractivity contribution in [2.75, 3.05) is 0 Å². The Balaban J connectivity index is 1.77. The highest BCUT2D eigenvalue weighted by Crippen LogP contribution is 2.52. The fraction of sp³-hybridized carbons (Fsp3) is 0.419. The smallest absolute Gasteiger partial charge is 0.121 e. The number of aromatic hydroxyl groups is 3. The highest BCUT2D eigenvalue weighted by molar-refractivity contribution is 5.52. The number of phenols is 3. The van der Waals surface area contributed by atoms with Gasteiger partial charge in [-0.3, -0.25) is 0 Å². The van der Waals surface area contributed by atoms with E-state index in [0.717, 1.165) is 47.9 Å². The minimum atomic E-state index is -0.159. The summed E-state index contributed by atoms with van der Waals surface area (Å²) in [6.45, 7) is 12.6. The van der Waals surface area contributed by atoms with Crippen molar-refractivity contribution in [3.63, 3.8) is 0 Å². The molecule has 34 heavy (non-hydrogen) atoms. The van der Waals surface area contributed by atoms with Gasteiger partial charge in [-0.25, -0.2) is 0 Å². The zero-order valence-corrected chi connectivity index (χ0v) is 21.4. The molecule has 3 nitrogen and oxygen atoms in total. The molecule has 4 rings (SSSR count). The Kier molecular flexibility index (Phi) is 6.18. The van der Waals surface area contributed by atoms with Crippen LogP contribution < -0.4 is 0 Å². The van der Waals surface area contributed by atoms with Gasteiger partial charge in [-0.15, -0.1) is 0 Å². The van der Waals surface area contributed by atoms with Crippen molar-refractivity contribution in [3.8, 4) is 17.2 Å². The maximum absolute atomic E-state index is 10.5. The van der Waals surface area contributed by atoms with Crippen LogP contribution >= 0.6 is 0 Å². The molecule has 3 aromatic carbocycles. The number of benzene rings is 3. The molecule has 0 saturated heterocycles. The maximum atomic E-state index is 10.5. The quantitative estimate of drug-likeness (QED) is 0.379. The summed E-state index contributed by atoms with van der Waals surface area (Å²) >= 11 is 0. The topological polar surface area (TPSA) is 60.7 Å². The van der Waals surface area contributed by atoms with Gasteiger partial charge < -0.3 is 15.3 Å². The van der Waals surface area contributed by atoms with Crippen molar-refractivity contribution < 1.29 is 15.3 Å². The second kappa shape index (κ2) is 8.69. The van der Waals surface area contributed by atoms with Crippen molar-refractivity contribution in [2.45, 2.75) is 78.1 Å². The molecule has 0 radical (unpaired) electrons. The summed E-state index contributed by atoms with van der Waals surface area (Å²) in [4.78, 5) is 0. The SMILES string of the molecule is Cc1cc(C2(c3cc(C)c(O)c(C)c3)CCC(C(C)(C)c3ccc(O)cc3)CC2)cc(C)c1O. The minimum absolute atomic E-state index is 0.00143. The molecule has 3 N–H and O–H groups in total. The molecule has 1 aliphatic carbocycles. The molecule has 0 heterocycles. The van der Waals surface area contributed by atoms with Crippen LogP contribution in [0, 0.1) is 33.6 Å². The second-order valence-corrected chi connectivity index (χ2v) is 11.0. The highest BCUT2D eigenvalue weighted by Gasteiger charge is 2.43. The van der Waals surface area contributed by atoms with E-state index in [1.807, 2.05) is 27.7 Å². The van der Waals surface area contributed by atoms with Gasteiger partial charge in [0.15, 0.2) is 0 Å². The fourth-order valence-corrected chi connectivity index (χ4v) is 6.17. The first-order valence-corrected chi connectivity index (χ1v) is 12.4. The van der Waals surface area contributed by atoms with Gasteiger partial charge in [-0.05, 0) is 116 Å². The van der Waals surface area contributed by atoms with Crippen LogP contribution in [0.2, 0.25) is 0 Å². The molecule has 3 heteroatoms. The van der Waals surface area contributed by atoms with E-state index < -0.39 is 0 Å². The lowest BCUT2D eigenvalue weighted by Gasteiger charge is -2.46. The predicted octanol–water partition coefficient (Wildman–Crippen LogP) is 7.49. The van der Waals surface area contributed by atoms with E-state index in [0.29, 0.717) is 23.2 Å². The second-order valence-electron chi connectivity index (χ2n) is 11.0. The summed E-state index contributed by atoms with van der Waals surface area (Å²) in [5.41, 5.74) is 7.25. The molecule has 0 unspecified atom stereocenters. The van der Waals surface area contributed by atoms with E-state index in [2.05, 4.69) is 50.2 Å². The van der Waals surface area contributed by atoms with Crippen molar-refractivity contribution in [1.29, 1.82) is 0 Å². The van der Waals surface area contributed by atoms with E-state index in [-0.39, 0.29) is 10.8 Å². The standard InChI is InChI=1S/C31H38O3/c1-19-15-25(16-20(2)28(19)33)31(26-17-21(3)29(34)22(4)18-26)13-11-24(12-14-31)30(5,6)23-7-9-27(32)10-8-23/h7-10,15-18,24,32-34H,11-14H2,1-6H3. The molecule has 1 saturated carbocycles. The summed E-state index contributed by atoms with van der Waals surface area (Å²) in [5.74, 6) is 1.57. The monoisotopic (exact) mass is 458 g/mol. The zero-order valence-electron chi connectivity index (χ0n) is 21.4. The molecule has 180 valence electrons. The van der Waals surface area contributed by atoms with Crippen molar-refractivity contribution in [3.05, 3.63) is 87.5 Å². The first-order valence-electron chi connectivity index (χ1n) is 12.4. The molecule has 1 aliphatic rings. The Morgan fingerprint density at radius 1 is 0.676 bits per heavy atom. The van der Waals surface area contributed by atoms with Gasteiger partial charge in [0.25, 0.3) is 0 Å². The Morgan fingerprint density at radius 3 is 1.44 bits per heavy atom. The summed E-state index contributed by atoms with van der Waals surface area (Å²) in [7, 11) is 0. The van der Waals surface area contributed by atoms with Crippen molar-refractivity contribution >= 4 is 0 Å². The number of rotatable bonds is 4. The zero-order chi connectivity index (χ0) is 24.8. The van der Waals surface area contributed by atoms with Crippen LogP contribution in [0.25, 0.3) is 0 Å². The van der Waals surface area contributed by atoms with Crippen molar-refractivity contribution in [1.82, 2.24) is 0 Å². The van der Waals surface area contributed by atoms with Crippen LogP contribution in [0.5, 0.6) is 17.2 Å². The third-order valence-corrected chi connectivity index (χ3v) is 8.56. The van der Waals surface area contributed by atoms with Gasteiger partial charge in [0, 0.05) is 5.41 Å². The summed E-state index contributed by atoms with van der Waals surface area (Å²) in [6, 6.07) is 16.3. The molecule has 1 fully saturated rings. The molecular formula is C31H38O3. The highest BCUT2D eigenvalue weighted by atomic mass is 16.3. The van der Waals surface area contributed by atoms with Crippen LogP contribution in [0.15, 0.2) is 48.5 Å². The lowest BCUT2D eigenvalue weighted by molar-refractivity contribution is 0.188. The average molecular weight is 459 g/mol. The van der Waals surface area contributed by atoms with E-state index >= 15 is 0 Å². The number of hydrogen-bond acceptors (Lipinski definition) is 3. The molecule has 0 amide bonds. The molecule has 0 aliphatic heterocycles. The number of aryl methyl sites for hydroxylation is 4. The predicted molar refractivity (Wildman–Crippen MR) is 139 cm³/mol. The summed E-state index contributed by atoms with van der Waals surface area (Å²) < 4.78 is 0. The van der Waals surface area contributed by atoms with Crippen LogP contribution in [0.4, 0.5) is 0 Å². The average Bonchev–Trinajstić information content (AvgIpc) is 2.80. The van der Waals surface area contributed by atoms with E-state index in [4.69, 9.17) is 0 Å². The summed E-state index contributed by atoms with van der Waals surface area (Å²) in [5, 5.41) is 30.6. The first kappa shape index (κ1) is 24.2. The minimum Gasteiger partial charge on any atom is -0.508 e. The fourth-order valence-electron chi connectivity index (χ4n) is 6.17. The molecule has 0 atom stereocenters. The van der Waals surface area contributed by atoms with Crippen LogP contribution in [0.3, 0.4) is 0 Å². The van der Waals surface area contributed by atoms with Gasteiger partial charge in [0.2, 0.25) is 0 Å². The molecule has 0 aromatic heterocycles. The summed E-state index contributed by atoms with van der Waals surface area (Å²) in [6.07, 6.45) is 4.16. The Bertz CT molecular complexity index is 1090. The maximum Gasteiger partial charge on any atom is 0.121 e. The molecule has 3 aromatic rings. The van der Waals surface area contributed by atoms with Crippen LogP contribution in [-0.2, 0) is 10.8 Å². The molecule has 0 bridgehead atoms. The third-order valence-electron chi connectivity index (χ3n) is 8.56.